The third-order valence-electron chi connectivity index (χ3n) is 6.55. The minimum absolute atomic E-state index is 0.108. The quantitative estimate of drug-likeness (QED) is 0.588. The first-order chi connectivity index (χ1) is 13.9. The maximum Gasteiger partial charge on any atom is 0.341 e. The number of nitrogens with one attached hydrogen (secondary N) is 1. The number of hydrogen-bond donors (Lipinski definition) is 1. The Morgan fingerprint density at radius 3 is 2.48 bits per heavy atom. The largest absolute Gasteiger partial charge is 0.550 e. The molecule has 0 aromatic carbocycles. The lowest BCUT2D eigenvalue weighted by Gasteiger charge is -2.44. The summed E-state index contributed by atoms with van der Waals surface area (Å²) in [4.78, 5) is 38.8. The molecule has 0 radical (unpaired) electrons. The second kappa shape index (κ2) is 7.94. The highest BCUT2D eigenvalue weighted by atomic mass is 32.1. The summed E-state index contributed by atoms with van der Waals surface area (Å²) in [6, 6.07) is 0. The summed E-state index contributed by atoms with van der Waals surface area (Å²) in [6.07, 6.45) is 8.15. The number of esters is 1. The number of amides is 1. The van der Waals surface area contributed by atoms with Crippen LogP contribution in [0.2, 0.25) is 0 Å². The highest BCUT2D eigenvalue weighted by molar-refractivity contribution is 7.17. The summed E-state index contributed by atoms with van der Waals surface area (Å²) in [7, 11) is 0. The third kappa shape index (κ3) is 3.61. The van der Waals surface area contributed by atoms with Crippen LogP contribution in [0.4, 0.5) is 5.00 Å². The Hall–Kier alpha value is -2.15. The molecule has 7 heteroatoms. The standard InChI is InChI=1S/C22H27NO5S/c1-3-28-22(27)18-14-10-11(2)4-9-15(14)29-20(18)23-19(24)16-12-5-7-13(8-6-12)17(16)21(25)26/h5,7,11-13,16-17H,3-4,6,8-10H2,1-2H3,(H,23,24)(H,25,26)/p-1/t11-,12+,13-,16+,17-/m0/s1. The Kier molecular flexibility index (Phi) is 5.51. The maximum atomic E-state index is 13.2. The van der Waals surface area contributed by atoms with Crippen LogP contribution in [-0.2, 0) is 27.2 Å². The molecule has 1 aromatic rings. The van der Waals surface area contributed by atoms with E-state index in [1.807, 2.05) is 12.2 Å². The molecule has 29 heavy (non-hydrogen) atoms. The monoisotopic (exact) mass is 416 g/mol. The van der Waals surface area contributed by atoms with Crippen LogP contribution in [0.25, 0.3) is 0 Å². The molecule has 4 aliphatic rings. The van der Waals surface area contributed by atoms with E-state index < -0.39 is 23.8 Å². The van der Waals surface area contributed by atoms with Crippen molar-refractivity contribution in [3.05, 3.63) is 28.2 Å². The first-order valence-corrected chi connectivity index (χ1v) is 11.2. The molecule has 1 N–H and O–H groups in total. The maximum absolute atomic E-state index is 13.2. The number of carboxylic acids is 1. The molecule has 0 spiro atoms. The lowest BCUT2D eigenvalue weighted by Crippen LogP contribution is -2.51. The van der Waals surface area contributed by atoms with E-state index in [0.717, 1.165) is 42.5 Å². The van der Waals surface area contributed by atoms with Crippen LogP contribution in [0.1, 0.15) is 53.9 Å². The highest BCUT2D eigenvalue weighted by Crippen LogP contribution is 2.46. The van der Waals surface area contributed by atoms with Gasteiger partial charge in [0.1, 0.15) is 5.00 Å². The van der Waals surface area contributed by atoms with Crippen LogP contribution < -0.4 is 10.4 Å². The van der Waals surface area contributed by atoms with Gasteiger partial charge in [0.2, 0.25) is 5.91 Å². The first-order valence-electron chi connectivity index (χ1n) is 10.4. The van der Waals surface area contributed by atoms with Crippen LogP contribution in [0.5, 0.6) is 0 Å². The molecule has 1 amide bonds. The molecule has 2 bridgehead atoms. The molecule has 5 atom stereocenters. The molecule has 0 saturated heterocycles. The van der Waals surface area contributed by atoms with Crippen LogP contribution in [0.3, 0.4) is 0 Å². The fourth-order valence-electron chi connectivity index (χ4n) is 5.13. The van der Waals surface area contributed by atoms with Crippen LogP contribution >= 0.6 is 11.3 Å². The van der Waals surface area contributed by atoms with Crippen molar-refractivity contribution in [3.63, 3.8) is 0 Å². The fourth-order valence-corrected chi connectivity index (χ4v) is 6.37. The van der Waals surface area contributed by atoms with Gasteiger partial charge >= 0.3 is 5.97 Å². The Balaban J connectivity index is 1.65. The number of aliphatic carboxylic acids is 1. The molecule has 156 valence electrons. The Morgan fingerprint density at radius 1 is 1.17 bits per heavy atom. The normalized spacial score (nSPS) is 29.9. The van der Waals surface area contributed by atoms with Crippen molar-refractivity contribution in [1.29, 1.82) is 0 Å². The van der Waals surface area contributed by atoms with Gasteiger partial charge in [0.25, 0.3) is 0 Å². The van der Waals surface area contributed by atoms with Crippen molar-refractivity contribution in [2.24, 2.45) is 29.6 Å². The zero-order valence-corrected chi connectivity index (χ0v) is 17.6. The number of ether oxygens (including phenoxy) is 1. The summed E-state index contributed by atoms with van der Waals surface area (Å²) >= 11 is 1.43. The van der Waals surface area contributed by atoms with E-state index >= 15 is 0 Å². The second-order valence-electron chi connectivity index (χ2n) is 8.43. The zero-order valence-electron chi connectivity index (χ0n) is 16.7. The van der Waals surface area contributed by atoms with Gasteiger partial charge in [-0.3, -0.25) is 4.79 Å². The second-order valence-corrected chi connectivity index (χ2v) is 9.53. The van der Waals surface area contributed by atoms with Crippen molar-refractivity contribution in [1.82, 2.24) is 0 Å². The molecule has 1 fully saturated rings. The number of thiophene rings is 1. The molecule has 0 unspecified atom stereocenters. The van der Waals surface area contributed by atoms with Gasteiger partial charge in [0.15, 0.2) is 0 Å². The number of rotatable bonds is 5. The molecule has 0 aliphatic heterocycles. The van der Waals surface area contributed by atoms with E-state index in [2.05, 4.69) is 12.2 Å². The summed E-state index contributed by atoms with van der Waals surface area (Å²) < 4.78 is 5.27. The number of carbonyl (C=O) groups excluding carboxylic acids is 3. The number of carbonyl (C=O) groups is 3. The van der Waals surface area contributed by atoms with E-state index in [4.69, 9.17) is 4.74 Å². The van der Waals surface area contributed by atoms with Crippen molar-refractivity contribution in [3.8, 4) is 0 Å². The van der Waals surface area contributed by atoms with Gasteiger partial charge in [0, 0.05) is 16.8 Å². The average Bonchev–Trinajstić information content (AvgIpc) is 3.05. The molecule has 1 heterocycles. The molecule has 1 saturated carbocycles. The van der Waals surface area contributed by atoms with Gasteiger partial charge < -0.3 is 20.0 Å². The molecular formula is C22H26NO5S-. The van der Waals surface area contributed by atoms with E-state index in [1.54, 1.807) is 6.92 Å². The van der Waals surface area contributed by atoms with E-state index in [-0.39, 0.29) is 24.3 Å². The van der Waals surface area contributed by atoms with E-state index in [9.17, 15) is 19.5 Å². The third-order valence-corrected chi connectivity index (χ3v) is 7.75. The van der Waals surface area contributed by atoms with Gasteiger partial charge in [-0.05, 0) is 62.3 Å². The minimum atomic E-state index is -1.17. The smallest absolute Gasteiger partial charge is 0.341 e. The summed E-state index contributed by atoms with van der Waals surface area (Å²) in [5.74, 6) is -3.22. The zero-order chi connectivity index (χ0) is 20.7. The summed E-state index contributed by atoms with van der Waals surface area (Å²) in [6.45, 7) is 4.17. The van der Waals surface area contributed by atoms with Gasteiger partial charge in [-0.15, -0.1) is 11.3 Å². The number of aryl methyl sites for hydroxylation is 1. The minimum Gasteiger partial charge on any atom is -0.550 e. The Morgan fingerprint density at radius 2 is 1.86 bits per heavy atom. The van der Waals surface area contributed by atoms with Crippen LogP contribution in [0.15, 0.2) is 12.2 Å². The summed E-state index contributed by atoms with van der Waals surface area (Å²) in [5.41, 5.74) is 1.43. The molecular weight excluding hydrogens is 390 g/mol. The van der Waals surface area contributed by atoms with Gasteiger partial charge in [-0.1, -0.05) is 19.1 Å². The lowest BCUT2D eigenvalue weighted by atomic mass is 9.62. The molecule has 1 aromatic heterocycles. The topological polar surface area (TPSA) is 95.5 Å². The van der Waals surface area contributed by atoms with Crippen molar-refractivity contribution >= 4 is 34.2 Å². The number of hydrogen-bond acceptors (Lipinski definition) is 6. The van der Waals surface area contributed by atoms with Gasteiger partial charge in [0.05, 0.1) is 18.1 Å². The van der Waals surface area contributed by atoms with Crippen LogP contribution in [0, 0.1) is 29.6 Å². The predicted molar refractivity (Wildman–Crippen MR) is 107 cm³/mol. The average molecular weight is 417 g/mol. The molecule has 4 aliphatic carbocycles. The summed E-state index contributed by atoms with van der Waals surface area (Å²) in [5, 5.41) is 15.2. The molecule has 5 rings (SSSR count). The van der Waals surface area contributed by atoms with E-state index in [0.29, 0.717) is 16.5 Å². The highest BCUT2D eigenvalue weighted by Gasteiger charge is 2.45. The van der Waals surface area contributed by atoms with Crippen molar-refractivity contribution < 1.29 is 24.2 Å². The van der Waals surface area contributed by atoms with Gasteiger partial charge in [-0.2, -0.15) is 0 Å². The SMILES string of the molecule is CCOC(=O)c1c(NC(=O)[C@H]2[C@@H](C(=O)[O-])[C@H]3C=C[C@@H]2CC3)sc2c1C[C@@H](C)CC2. The molecule has 6 nitrogen and oxygen atoms in total. The number of allylic oxidation sites excluding steroid dienone is 2. The van der Waals surface area contributed by atoms with Crippen LogP contribution in [-0.4, -0.2) is 24.5 Å². The first kappa shape index (κ1) is 20.1. The predicted octanol–water partition coefficient (Wildman–Crippen LogP) is 2.57. The Bertz CT molecular complexity index is 873. The number of fused-ring (bicyclic) bond motifs is 3. The Labute approximate surface area is 174 Å². The fraction of sp³-hybridized carbons (Fsp3) is 0.591. The van der Waals surface area contributed by atoms with Gasteiger partial charge in [-0.25, -0.2) is 4.79 Å². The van der Waals surface area contributed by atoms with E-state index in [1.165, 1.54) is 11.3 Å². The number of anilines is 1. The van der Waals surface area contributed by atoms with Crippen molar-refractivity contribution in [2.75, 3.05) is 11.9 Å². The lowest BCUT2D eigenvalue weighted by molar-refractivity contribution is -0.316. The van der Waals surface area contributed by atoms with Crippen molar-refractivity contribution in [2.45, 2.75) is 46.0 Å². The number of carboxylic acid groups (broad SMARTS) is 1.